The van der Waals surface area contributed by atoms with Gasteiger partial charge in [-0.2, -0.15) is 0 Å². The molecule has 150 valence electrons. The van der Waals surface area contributed by atoms with Crippen molar-refractivity contribution >= 4 is 13.6 Å². The Morgan fingerprint density at radius 1 is 0.862 bits per heavy atom. The summed E-state index contributed by atoms with van der Waals surface area (Å²) in [4.78, 5) is 22.8. The zero-order chi connectivity index (χ0) is 21.0. The maximum atomic E-state index is 12.7. The van der Waals surface area contributed by atoms with Crippen LogP contribution < -0.4 is 13.8 Å². The van der Waals surface area contributed by atoms with Crippen LogP contribution in [0.15, 0.2) is 66.7 Å². The summed E-state index contributed by atoms with van der Waals surface area (Å²) in [6, 6.07) is 18.2. The molecule has 0 aliphatic heterocycles. The second-order valence-corrected chi connectivity index (χ2v) is 7.83. The van der Waals surface area contributed by atoms with Gasteiger partial charge in [0, 0.05) is 11.6 Å². The van der Waals surface area contributed by atoms with Crippen LogP contribution in [0.4, 0.5) is 0 Å². The quantitative estimate of drug-likeness (QED) is 0.429. The number of carbonyl (C=O) groups excluding carboxylic acids is 1. The van der Waals surface area contributed by atoms with Gasteiger partial charge < -0.3 is 13.8 Å². The van der Waals surface area contributed by atoms with Gasteiger partial charge in [-0.25, -0.2) is 4.57 Å². The van der Waals surface area contributed by atoms with Gasteiger partial charge in [0.1, 0.15) is 17.2 Å². The minimum atomic E-state index is -4.44. The molecule has 1 N–H and O–H groups in total. The van der Waals surface area contributed by atoms with Gasteiger partial charge >= 0.3 is 7.82 Å². The van der Waals surface area contributed by atoms with Gasteiger partial charge in [-0.3, -0.25) is 9.69 Å². The Hall–Kier alpha value is -3.08. The van der Waals surface area contributed by atoms with Gasteiger partial charge in [-0.05, 0) is 49.2 Å². The number of ketones is 1. The third-order valence-electron chi connectivity index (χ3n) is 4.09. The first-order chi connectivity index (χ1) is 13.8. The molecule has 0 saturated carbocycles. The van der Waals surface area contributed by atoms with E-state index in [2.05, 4.69) is 0 Å². The Labute approximate surface area is 169 Å². The summed E-state index contributed by atoms with van der Waals surface area (Å²) in [5.74, 6) is 0.272. The Kier molecular flexibility index (Phi) is 6.06. The lowest BCUT2D eigenvalue weighted by molar-refractivity contribution is 0.103. The van der Waals surface area contributed by atoms with E-state index < -0.39 is 7.82 Å². The number of rotatable bonds is 7. The molecule has 3 aromatic carbocycles. The van der Waals surface area contributed by atoms with Crippen molar-refractivity contribution in [2.75, 3.05) is 7.11 Å². The van der Waals surface area contributed by atoms with Crippen molar-refractivity contribution < 1.29 is 28.0 Å². The third-order valence-corrected chi connectivity index (χ3v) is 4.97. The van der Waals surface area contributed by atoms with Gasteiger partial charge in [0.2, 0.25) is 0 Å². The molecule has 7 heteroatoms. The average molecular weight is 412 g/mol. The van der Waals surface area contributed by atoms with E-state index in [1.807, 2.05) is 26.0 Å². The Morgan fingerprint density at radius 3 is 2.10 bits per heavy atom. The Morgan fingerprint density at radius 2 is 1.48 bits per heavy atom. The van der Waals surface area contributed by atoms with Crippen LogP contribution in [-0.4, -0.2) is 17.8 Å². The molecule has 0 fully saturated rings. The number of carbonyl (C=O) groups is 1. The highest BCUT2D eigenvalue weighted by Gasteiger charge is 2.26. The van der Waals surface area contributed by atoms with Crippen LogP contribution in [0.1, 0.15) is 27.0 Å². The van der Waals surface area contributed by atoms with E-state index in [1.54, 1.807) is 36.4 Å². The van der Waals surface area contributed by atoms with Crippen molar-refractivity contribution in [2.45, 2.75) is 13.8 Å². The first-order valence-corrected chi connectivity index (χ1v) is 10.3. The first kappa shape index (κ1) is 20.6. The minimum Gasteiger partial charge on any atom is -0.496 e. The summed E-state index contributed by atoms with van der Waals surface area (Å²) in [5.41, 5.74) is 2.61. The molecule has 0 aliphatic rings. The van der Waals surface area contributed by atoms with Crippen molar-refractivity contribution in [3.63, 3.8) is 0 Å². The van der Waals surface area contributed by atoms with E-state index >= 15 is 0 Å². The first-order valence-electron chi connectivity index (χ1n) is 8.85. The highest BCUT2D eigenvalue weighted by atomic mass is 31.2. The number of hydrogen-bond donors (Lipinski definition) is 1. The van der Waals surface area contributed by atoms with E-state index in [1.165, 1.54) is 25.3 Å². The van der Waals surface area contributed by atoms with Crippen molar-refractivity contribution in [3.05, 3.63) is 89.0 Å². The molecule has 0 bridgehead atoms. The second-order valence-electron chi connectivity index (χ2n) is 6.53. The zero-order valence-electron chi connectivity index (χ0n) is 16.3. The molecule has 29 heavy (non-hydrogen) atoms. The fraction of sp³-hybridized carbons (Fsp3) is 0.136. The van der Waals surface area contributed by atoms with Gasteiger partial charge in [-0.15, -0.1) is 0 Å². The molecule has 0 aliphatic carbocycles. The molecule has 0 amide bonds. The average Bonchev–Trinajstić information content (AvgIpc) is 2.66. The van der Waals surface area contributed by atoms with Crippen molar-refractivity contribution in [1.82, 2.24) is 0 Å². The predicted octanol–water partition coefficient (Wildman–Crippen LogP) is 5.10. The van der Waals surface area contributed by atoms with Crippen LogP contribution >= 0.6 is 7.82 Å². The maximum absolute atomic E-state index is 12.7. The highest BCUT2D eigenvalue weighted by Crippen LogP contribution is 2.45. The fourth-order valence-corrected chi connectivity index (χ4v) is 3.72. The zero-order valence-corrected chi connectivity index (χ0v) is 17.2. The lowest BCUT2D eigenvalue weighted by Crippen LogP contribution is -2.05. The lowest BCUT2D eigenvalue weighted by atomic mass is 10.0. The molecule has 1 atom stereocenters. The summed E-state index contributed by atoms with van der Waals surface area (Å²) < 4.78 is 28.0. The number of ether oxygens (including phenoxy) is 1. The molecule has 0 heterocycles. The van der Waals surface area contributed by atoms with Crippen LogP contribution in [-0.2, 0) is 4.57 Å². The van der Waals surface area contributed by atoms with Gasteiger partial charge in [0.25, 0.3) is 0 Å². The standard InChI is InChI=1S/C22H21O6P/c1-15-11-16(2)13-19(12-15)28-29(24,25)27-18-9-10-20(21(14-18)26-3)22(23)17-7-5-4-6-8-17/h4-14H,1-3H3,(H,24,25). The third kappa shape index (κ3) is 5.25. The summed E-state index contributed by atoms with van der Waals surface area (Å²) >= 11 is 0. The lowest BCUT2D eigenvalue weighted by Gasteiger charge is -2.16. The number of aryl methyl sites for hydroxylation is 2. The molecule has 0 radical (unpaired) electrons. The Bertz CT molecular complexity index is 1060. The van der Waals surface area contributed by atoms with E-state index in [0.717, 1.165) is 11.1 Å². The maximum Gasteiger partial charge on any atom is 0.584 e. The minimum absolute atomic E-state index is 0.0432. The highest BCUT2D eigenvalue weighted by molar-refractivity contribution is 7.48. The van der Waals surface area contributed by atoms with E-state index in [-0.39, 0.29) is 23.0 Å². The summed E-state index contributed by atoms with van der Waals surface area (Å²) in [5, 5.41) is 0. The number of methoxy groups -OCH3 is 1. The van der Waals surface area contributed by atoms with Crippen molar-refractivity contribution in [3.8, 4) is 17.2 Å². The van der Waals surface area contributed by atoms with Crippen molar-refractivity contribution in [1.29, 1.82) is 0 Å². The molecule has 6 nitrogen and oxygen atoms in total. The molecule has 3 rings (SSSR count). The number of hydrogen-bond acceptors (Lipinski definition) is 5. The molecular formula is C22H21O6P. The molecule has 0 spiro atoms. The van der Waals surface area contributed by atoms with Gasteiger partial charge in [0.15, 0.2) is 5.78 Å². The van der Waals surface area contributed by atoms with Crippen LogP contribution in [0, 0.1) is 13.8 Å². The molecule has 0 aromatic heterocycles. The topological polar surface area (TPSA) is 82.1 Å². The molecule has 0 saturated heterocycles. The normalized spacial score (nSPS) is 12.7. The largest absolute Gasteiger partial charge is 0.584 e. The van der Waals surface area contributed by atoms with Crippen LogP contribution in [0.5, 0.6) is 17.2 Å². The molecule has 1 unspecified atom stereocenters. The van der Waals surface area contributed by atoms with Crippen LogP contribution in [0.25, 0.3) is 0 Å². The van der Waals surface area contributed by atoms with Crippen LogP contribution in [0.2, 0.25) is 0 Å². The van der Waals surface area contributed by atoms with E-state index in [4.69, 9.17) is 13.8 Å². The van der Waals surface area contributed by atoms with E-state index in [9.17, 15) is 14.3 Å². The summed E-state index contributed by atoms with van der Waals surface area (Å²) in [6.07, 6.45) is 0. The summed E-state index contributed by atoms with van der Waals surface area (Å²) in [7, 11) is -3.04. The van der Waals surface area contributed by atoms with E-state index in [0.29, 0.717) is 11.1 Å². The number of benzene rings is 3. The fourth-order valence-electron chi connectivity index (χ4n) is 2.93. The van der Waals surface area contributed by atoms with Crippen molar-refractivity contribution in [2.24, 2.45) is 0 Å². The second kappa shape index (κ2) is 8.52. The smallest absolute Gasteiger partial charge is 0.496 e. The van der Waals surface area contributed by atoms with Crippen LogP contribution in [0.3, 0.4) is 0 Å². The van der Waals surface area contributed by atoms with Gasteiger partial charge in [-0.1, -0.05) is 36.4 Å². The predicted molar refractivity (Wildman–Crippen MR) is 110 cm³/mol. The molecular weight excluding hydrogens is 391 g/mol. The monoisotopic (exact) mass is 412 g/mol. The summed E-state index contributed by atoms with van der Waals surface area (Å²) in [6.45, 7) is 3.71. The SMILES string of the molecule is COc1cc(OP(=O)(O)Oc2cc(C)cc(C)c2)ccc1C(=O)c1ccccc1. The van der Waals surface area contributed by atoms with Gasteiger partial charge in [0.05, 0.1) is 12.7 Å². The molecule has 3 aromatic rings. The number of phosphoric ester groups is 1. The Balaban J connectivity index is 1.82. The number of phosphoric acid groups is 1.